The highest BCUT2D eigenvalue weighted by Gasteiger charge is 2.44. The lowest BCUT2D eigenvalue weighted by atomic mass is 9.76. The third-order valence-corrected chi connectivity index (χ3v) is 10.9. The quantitative estimate of drug-likeness (QED) is 0.218. The number of carbonyl (C=O) groups is 2. The van der Waals surface area contributed by atoms with E-state index in [4.69, 9.17) is 16.3 Å². The van der Waals surface area contributed by atoms with Gasteiger partial charge in [-0.1, -0.05) is 0 Å². The van der Waals surface area contributed by atoms with Crippen LogP contribution in [0.4, 0.5) is 9.18 Å². The van der Waals surface area contributed by atoms with Crippen molar-refractivity contribution in [3.8, 4) is 0 Å². The fraction of sp³-hybridized carbons (Fsp3) is 0.923. The second-order valence-corrected chi connectivity index (χ2v) is 14.7. The zero-order chi connectivity index (χ0) is 29.0. The van der Waals surface area contributed by atoms with Gasteiger partial charge < -0.3 is 15.0 Å². The highest BCUT2D eigenvalue weighted by Crippen LogP contribution is 2.37. The van der Waals surface area contributed by atoms with Gasteiger partial charge >= 0.3 is 6.03 Å². The maximum atomic E-state index is 14.8. The summed E-state index contributed by atoms with van der Waals surface area (Å²) in [6.45, 7) is 2.21. The predicted molar refractivity (Wildman–Crippen MR) is 151 cm³/mol. The van der Waals surface area contributed by atoms with Crippen molar-refractivity contribution in [3.63, 3.8) is 0 Å². The van der Waals surface area contributed by atoms with Crippen LogP contribution in [0.1, 0.15) is 51.4 Å². The SMILES string of the molecule is COC1CCC(CN(C)C(=O)NC2CC(CS(=O)(=O)NNC(=O)C3CC(C4CN(C)CN4)CC(Cl)C3F)C2)CC1. The normalized spacial score (nSPS) is 37.0. The van der Waals surface area contributed by atoms with Crippen molar-refractivity contribution in [2.45, 2.75) is 81.1 Å². The van der Waals surface area contributed by atoms with Gasteiger partial charge in [0.25, 0.3) is 0 Å². The molecule has 1 saturated heterocycles. The van der Waals surface area contributed by atoms with Crippen LogP contribution in [-0.2, 0) is 19.6 Å². The van der Waals surface area contributed by atoms with Gasteiger partial charge in [-0.3, -0.25) is 20.4 Å². The fourth-order valence-electron chi connectivity index (χ4n) is 6.73. The number of alkyl halides is 2. The molecular weight excluding hydrogens is 563 g/mol. The van der Waals surface area contributed by atoms with Crippen molar-refractivity contribution in [2.24, 2.45) is 23.7 Å². The van der Waals surface area contributed by atoms with Gasteiger partial charge in [-0.25, -0.2) is 17.6 Å². The molecule has 0 radical (unpaired) electrons. The number of halogens is 2. The number of carbonyl (C=O) groups excluding carboxylic acids is 2. The third kappa shape index (κ3) is 8.41. The second kappa shape index (κ2) is 13.8. The summed E-state index contributed by atoms with van der Waals surface area (Å²) >= 11 is 6.26. The lowest BCUT2D eigenvalue weighted by Gasteiger charge is -2.38. The number of hydrogen-bond donors (Lipinski definition) is 4. The largest absolute Gasteiger partial charge is 0.381 e. The number of amides is 3. The number of nitrogens with one attached hydrogen (secondary N) is 4. The Morgan fingerprint density at radius 3 is 2.45 bits per heavy atom. The first-order valence-electron chi connectivity index (χ1n) is 14.5. The Bertz CT molecular complexity index is 981. The summed E-state index contributed by atoms with van der Waals surface area (Å²) in [4.78, 5) is 31.3. The molecule has 1 heterocycles. The van der Waals surface area contributed by atoms with E-state index in [9.17, 15) is 22.4 Å². The van der Waals surface area contributed by atoms with E-state index in [-0.39, 0.29) is 35.7 Å². The summed E-state index contributed by atoms with van der Waals surface area (Å²) in [7, 11) is 1.69. The molecule has 4 N–H and O–H groups in total. The summed E-state index contributed by atoms with van der Waals surface area (Å²) in [5.41, 5.74) is 2.23. The van der Waals surface area contributed by atoms with Gasteiger partial charge in [-0.05, 0) is 76.2 Å². The first-order valence-corrected chi connectivity index (χ1v) is 16.6. The first kappa shape index (κ1) is 31.7. The minimum Gasteiger partial charge on any atom is -0.381 e. The number of ether oxygens (including phenoxy) is 1. The number of hydrogen-bond acceptors (Lipinski definition) is 7. The Labute approximate surface area is 242 Å². The van der Waals surface area contributed by atoms with Gasteiger partial charge in [-0.2, -0.15) is 0 Å². The van der Waals surface area contributed by atoms with Crippen molar-refractivity contribution in [3.05, 3.63) is 0 Å². The van der Waals surface area contributed by atoms with Crippen LogP contribution in [0, 0.1) is 23.7 Å². The molecule has 0 aromatic carbocycles. The molecule has 11 nitrogen and oxygen atoms in total. The Morgan fingerprint density at radius 2 is 1.82 bits per heavy atom. The molecule has 3 amide bonds. The van der Waals surface area contributed by atoms with Crippen molar-refractivity contribution >= 4 is 33.6 Å². The Hall–Kier alpha value is -1.25. The maximum absolute atomic E-state index is 14.8. The molecule has 40 heavy (non-hydrogen) atoms. The average molecular weight is 609 g/mol. The van der Waals surface area contributed by atoms with Gasteiger partial charge in [0, 0.05) is 46.0 Å². The van der Waals surface area contributed by atoms with E-state index in [1.807, 2.05) is 7.05 Å². The summed E-state index contributed by atoms with van der Waals surface area (Å²) in [6, 6.07) is -0.105. The van der Waals surface area contributed by atoms with E-state index >= 15 is 0 Å². The Morgan fingerprint density at radius 1 is 1.12 bits per heavy atom. The summed E-state index contributed by atoms with van der Waals surface area (Å²) in [5.74, 6) is -1.55. The predicted octanol–water partition coefficient (Wildman–Crippen LogP) is 1.40. The van der Waals surface area contributed by atoms with Gasteiger partial charge in [0.1, 0.15) is 6.17 Å². The van der Waals surface area contributed by atoms with Crippen molar-refractivity contribution in [2.75, 3.05) is 46.7 Å². The van der Waals surface area contributed by atoms with Crippen LogP contribution in [-0.4, -0.2) is 107 Å². The average Bonchev–Trinajstić information content (AvgIpc) is 3.34. The molecule has 3 aliphatic carbocycles. The minimum absolute atomic E-state index is 0.0265. The first-order chi connectivity index (χ1) is 18.9. The number of nitrogens with zero attached hydrogens (tertiary/aromatic N) is 2. The molecule has 0 aromatic rings. The van der Waals surface area contributed by atoms with Gasteiger partial charge in [0.15, 0.2) is 0 Å². The molecule has 3 saturated carbocycles. The Balaban J connectivity index is 1.15. The van der Waals surface area contributed by atoms with Crippen LogP contribution in [0.3, 0.4) is 0 Å². The molecule has 0 spiro atoms. The zero-order valence-corrected chi connectivity index (χ0v) is 25.4. The molecule has 0 aromatic heterocycles. The van der Waals surface area contributed by atoms with Crippen LogP contribution in [0.15, 0.2) is 0 Å². The molecule has 1 aliphatic heterocycles. The van der Waals surface area contributed by atoms with E-state index in [2.05, 4.69) is 25.8 Å². The van der Waals surface area contributed by atoms with E-state index in [0.29, 0.717) is 44.2 Å². The van der Waals surface area contributed by atoms with E-state index in [1.165, 1.54) is 0 Å². The molecule has 14 heteroatoms. The number of likely N-dealkylation sites (N-methyl/N-ethyl adjacent to an activating group) is 1. The van der Waals surface area contributed by atoms with Crippen LogP contribution < -0.4 is 20.9 Å². The third-order valence-electron chi connectivity index (χ3n) is 9.21. The number of methoxy groups -OCH3 is 1. The summed E-state index contributed by atoms with van der Waals surface area (Å²) in [6.07, 6.45) is 4.74. The van der Waals surface area contributed by atoms with E-state index in [1.54, 1.807) is 19.1 Å². The van der Waals surface area contributed by atoms with Crippen molar-refractivity contribution in [1.29, 1.82) is 0 Å². The van der Waals surface area contributed by atoms with E-state index in [0.717, 1.165) is 38.9 Å². The number of urea groups is 1. The van der Waals surface area contributed by atoms with Gasteiger partial charge in [0.05, 0.1) is 23.2 Å². The number of sulfonamides is 1. The van der Waals surface area contributed by atoms with Crippen LogP contribution in [0.5, 0.6) is 0 Å². The molecular formula is C26H46ClFN6O5S. The molecule has 5 atom stereocenters. The molecule has 4 fully saturated rings. The van der Waals surface area contributed by atoms with Gasteiger partial charge in [-0.15, -0.1) is 16.4 Å². The van der Waals surface area contributed by atoms with Crippen LogP contribution in [0.25, 0.3) is 0 Å². The summed E-state index contributed by atoms with van der Waals surface area (Å²) in [5, 5.41) is 5.56. The highest BCUT2D eigenvalue weighted by molar-refractivity contribution is 7.89. The molecule has 230 valence electrons. The zero-order valence-electron chi connectivity index (χ0n) is 23.8. The maximum Gasteiger partial charge on any atom is 0.317 e. The topological polar surface area (TPSA) is 132 Å². The highest BCUT2D eigenvalue weighted by atomic mass is 35.5. The second-order valence-electron chi connectivity index (χ2n) is 12.4. The Kier molecular flexibility index (Phi) is 10.9. The minimum atomic E-state index is -3.83. The lowest BCUT2D eigenvalue weighted by Crippen LogP contribution is -2.54. The monoisotopic (exact) mass is 608 g/mol. The fourth-order valence-corrected chi connectivity index (χ4v) is 8.36. The molecule has 4 aliphatic rings. The number of rotatable bonds is 10. The molecule has 5 unspecified atom stereocenters. The van der Waals surface area contributed by atoms with Crippen molar-refractivity contribution < 1.29 is 27.1 Å². The summed E-state index contributed by atoms with van der Waals surface area (Å²) < 4.78 is 45.5. The molecule has 4 rings (SSSR count). The number of hydrazine groups is 1. The smallest absolute Gasteiger partial charge is 0.317 e. The van der Waals surface area contributed by atoms with E-state index < -0.39 is 33.4 Å². The molecule has 0 bridgehead atoms. The van der Waals surface area contributed by atoms with Gasteiger partial charge in [0.2, 0.25) is 15.9 Å². The van der Waals surface area contributed by atoms with Crippen LogP contribution >= 0.6 is 11.6 Å². The van der Waals surface area contributed by atoms with Crippen LogP contribution in [0.2, 0.25) is 0 Å². The standard InChI is InChI=1S/C26H46ClFN6O5S/c1-33-13-23(29-15-33)18-10-21(24(28)22(27)11-18)25(35)31-32-40(37,38)14-17-8-19(9-17)30-26(36)34(2)12-16-4-6-20(39-3)7-5-16/h16-24,29,32H,4-15H2,1-3H3,(H,30,36)(H,31,35). The van der Waals surface area contributed by atoms with Crippen molar-refractivity contribution in [1.82, 2.24) is 30.7 Å². The lowest BCUT2D eigenvalue weighted by molar-refractivity contribution is -0.129.